The molecule has 22 heavy (non-hydrogen) atoms. The Bertz CT molecular complexity index is 541. The number of anilines is 2. The number of ether oxygens (including phenoxy) is 2. The van der Waals surface area contributed by atoms with Crippen molar-refractivity contribution in [3.05, 3.63) is 18.2 Å². The highest BCUT2D eigenvalue weighted by molar-refractivity contribution is 5.81. The van der Waals surface area contributed by atoms with Gasteiger partial charge in [-0.15, -0.1) is 0 Å². The predicted molar refractivity (Wildman–Crippen MR) is 86.1 cm³/mol. The second-order valence-corrected chi connectivity index (χ2v) is 6.14. The summed E-state index contributed by atoms with van der Waals surface area (Å²) in [5, 5.41) is 0. The van der Waals surface area contributed by atoms with Crippen molar-refractivity contribution >= 4 is 17.3 Å². The molecule has 5 nitrogen and oxygen atoms in total. The zero-order valence-electron chi connectivity index (χ0n) is 13.1. The van der Waals surface area contributed by atoms with Crippen LogP contribution in [0.4, 0.5) is 11.4 Å². The summed E-state index contributed by atoms with van der Waals surface area (Å²) in [6.45, 7) is 3.13. The van der Waals surface area contributed by atoms with Gasteiger partial charge in [0.1, 0.15) is 24.5 Å². The van der Waals surface area contributed by atoms with Crippen molar-refractivity contribution in [1.29, 1.82) is 0 Å². The maximum absolute atomic E-state index is 12.5. The molecule has 0 aromatic heterocycles. The van der Waals surface area contributed by atoms with Gasteiger partial charge in [-0.1, -0.05) is 6.42 Å². The lowest BCUT2D eigenvalue weighted by molar-refractivity contribution is -0.151. The predicted octanol–water partition coefficient (Wildman–Crippen LogP) is 2.73. The highest BCUT2D eigenvalue weighted by Gasteiger charge is 2.30. The Balaban J connectivity index is 1.69. The molecule has 1 heterocycles. The lowest BCUT2D eigenvalue weighted by atomic mass is 9.98. The normalized spacial score (nSPS) is 20.0. The third-order valence-electron chi connectivity index (χ3n) is 4.53. The SMILES string of the molecule is CC(C(=O)OC1CCCCC1)N1CCOc2cc(N)ccc21. The number of nitrogens with two attached hydrogens (primary N) is 1. The third-order valence-corrected chi connectivity index (χ3v) is 4.53. The van der Waals surface area contributed by atoms with E-state index in [4.69, 9.17) is 15.2 Å². The molecule has 1 aromatic carbocycles. The van der Waals surface area contributed by atoms with Crippen LogP contribution in [-0.2, 0) is 9.53 Å². The van der Waals surface area contributed by atoms with E-state index in [2.05, 4.69) is 0 Å². The summed E-state index contributed by atoms with van der Waals surface area (Å²) in [6, 6.07) is 5.24. The Morgan fingerprint density at radius 3 is 2.91 bits per heavy atom. The smallest absolute Gasteiger partial charge is 0.328 e. The van der Waals surface area contributed by atoms with Crippen molar-refractivity contribution in [2.45, 2.75) is 51.2 Å². The van der Waals surface area contributed by atoms with Crippen LogP contribution in [0.25, 0.3) is 0 Å². The van der Waals surface area contributed by atoms with Crippen molar-refractivity contribution in [2.75, 3.05) is 23.8 Å². The van der Waals surface area contributed by atoms with Gasteiger partial charge in [0.2, 0.25) is 0 Å². The van der Waals surface area contributed by atoms with Crippen molar-refractivity contribution < 1.29 is 14.3 Å². The maximum Gasteiger partial charge on any atom is 0.328 e. The van der Waals surface area contributed by atoms with Crippen molar-refractivity contribution in [3.8, 4) is 5.75 Å². The molecular weight excluding hydrogens is 280 g/mol. The van der Waals surface area contributed by atoms with E-state index in [0.29, 0.717) is 18.8 Å². The van der Waals surface area contributed by atoms with Crippen molar-refractivity contribution in [3.63, 3.8) is 0 Å². The van der Waals surface area contributed by atoms with Crippen LogP contribution in [0, 0.1) is 0 Å². The molecule has 5 heteroatoms. The summed E-state index contributed by atoms with van der Waals surface area (Å²) in [4.78, 5) is 14.5. The number of hydrogen-bond acceptors (Lipinski definition) is 5. The molecule has 1 fully saturated rings. The summed E-state index contributed by atoms with van der Waals surface area (Å²) in [6.07, 6.45) is 5.65. The van der Waals surface area contributed by atoms with E-state index in [1.165, 1.54) is 6.42 Å². The van der Waals surface area contributed by atoms with Gasteiger partial charge in [0.25, 0.3) is 0 Å². The van der Waals surface area contributed by atoms with Crippen LogP contribution in [0.5, 0.6) is 5.75 Å². The number of fused-ring (bicyclic) bond motifs is 1. The van der Waals surface area contributed by atoms with Gasteiger partial charge in [0.05, 0.1) is 12.2 Å². The maximum atomic E-state index is 12.5. The minimum absolute atomic E-state index is 0.0932. The molecule has 1 aliphatic heterocycles. The summed E-state index contributed by atoms with van der Waals surface area (Å²) in [7, 11) is 0. The molecule has 0 saturated heterocycles. The molecule has 1 aromatic rings. The summed E-state index contributed by atoms with van der Waals surface area (Å²) in [5.41, 5.74) is 7.37. The van der Waals surface area contributed by atoms with Crippen LogP contribution >= 0.6 is 0 Å². The number of benzene rings is 1. The minimum Gasteiger partial charge on any atom is -0.489 e. The molecule has 0 amide bonds. The lowest BCUT2D eigenvalue weighted by Crippen LogP contribution is -2.45. The Labute approximate surface area is 131 Å². The first kappa shape index (κ1) is 15.0. The number of hydrogen-bond donors (Lipinski definition) is 1. The molecule has 3 rings (SSSR count). The van der Waals surface area contributed by atoms with E-state index in [1.807, 2.05) is 24.0 Å². The van der Waals surface area contributed by atoms with Crippen LogP contribution in [0.3, 0.4) is 0 Å². The van der Waals surface area contributed by atoms with Crippen LogP contribution in [0.1, 0.15) is 39.0 Å². The van der Waals surface area contributed by atoms with Crippen LogP contribution in [0.2, 0.25) is 0 Å². The van der Waals surface area contributed by atoms with E-state index < -0.39 is 0 Å². The lowest BCUT2D eigenvalue weighted by Gasteiger charge is -2.35. The zero-order chi connectivity index (χ0) is 15.5. The second kappa shape index (κ2) is 6.46. The van der Waals surface area contributed by atoms with Gasteiger partial charge < -0.3 is 20.1 Å². The molecule has 0 bridgehead atoms. The van der Waals surface area contributed by atoms with Gasteiger partial charge in [0.15, 0.2) is 0 Å². The number of rotatable bonds is 3. The second-order valence-electron chi connectivity index (χ2n) is 6.14. The van der Waals surface area contributed by atoms with Gasteiger partial charge in [-0.25, -0.2) is 4.79 Å². The van der Waals surface area contributed by atoms with E-state index in [9.17, 15) is 4.79 Å². The number of carbonyl (C=O) groups excluding carboxylic acids is 1. The standard InChI is InChI=1S/C17H24N2O3/c1-12(17(20)22-14-5-3-2-4-6-14)19-9-10-21-16-11-13(18)7-8-15(16)19/h7-8,11-12,14H,2-6,9-10,18H2,1H3. The van der Waals surface area contributed by atoms with Gasteiger partial charge in [-0.2, -0.15) is 0 Å². The zero-order valence-corrected chi connectivity index (χ0v) is 13.1. The first-order valence-electron chi connectivity index (χ1n) is 8.14. The Morgan fingerprint density at radius 1 is 1.36 bits per heavy atom. The number of nitrogens with zero attached hydrogens (tertiary/aromatic N) is 1. The Morgan fingerprint density at radius 2 is 2.14 bits per heavy atom. The fourth-order valence-corrected chi connectivity index (χ4v) is 3.23. The van der Waals surface area contributed by atoms with Gasteiger partial charge >= 0.3 is 5.97 Å². The van der Waals surface area contributed by atoms with E-state index in [-0.39, 0.29) is 18.1 Å². The molecule has 1 saturated carbocycles. The summed E-state index contributed by atoms with van der Waals surface area (Å²) < 4.78 is 11.3. The number of nitrogen functional groups attached to an aromatic ring is 1. The van der Waals surface area contributed by atoms with Gasteiger partial charge in [0, 0.05) is 11.8 Å². The average molecular weight is 304 g/mol. The number of carbonyl (C=O) groups is 1. The third kappa shape index (κ3) is 3.13. The van der Waals surface area contributed by atoms with Crippen LogP contribution < -0.4 is 15.4 Å². The molecule has 1 aliphatic carbocycles. The molecule has 0 radical (unpaired) electrons. The van der Waals surface area contributed by atoms with E-state index in [0.717, 1.165) is 37.1 Å². The number of esters is 1. The van der Waals surface area contributed by atoms with Crippen molar-refractivity contribution in [2.24, 2.45) is 0 Å². The topological polar surface area (TPSA) is 64.8 Å². The van der Waals surface area contributed by atoms with Crippen molar-refractivity contribution in [1.82, 2.24) is 0 Å². The van der Waals surface area contributed by atoms with Crippen LogP contribution in [0.15, 0.2) is 18.2 Å². The first-order chi connectivity index (χ1) is 10.6. The molecule has 1 unspecified atom stereocenters. The Hall–Kier alpha value is -1.91. The minimum atomic E-state index is -0.312. The van der Waals surface area contributed by atoms with E-state index >= 15 is 0 Å². The van der Waals surface area contributed by atoms with Gasteiger partial charge in [-0.3, -0.25) is 0 Å². The van der Waals surface area contributed by atoms with E-state index in [1.54, 1.807) is 6.07 Å². The monoisotopic (exact) mass is 304 g/mol. The fraction of sp³-hybridized carbons (Fsp3) is 0.588. The molecule has 0 spiro atoms. The largest absolute Gasteiger partial charge is 0.489 e. The summed E-state index contributed by atoms with van der Waals surface area (Å²) in [5.74, 6) is 0.597. The molecule has 1 atom stereocenters. The molecule has 120 valence electrons. The summed E-state index contributed by atoms with van der Waals surface area (Å²) >= 11 is 0. The molecular formula is C17H24N2O3. The quantitative estimate of drug-likeness (QED) is 0.687. The molecule has 2 aliphatic rings. The average Bonchev–Trinajstić information content (AvgIpc) is 2.54. The highest BCUT2D eigenvalue weighted by atomic mass is 16.5. The Kier molecular flexibility index (Phi) is 4.41. The van der Waals surface area contributed by atoms with Gasteiger partial charge in [-0.05, 0) is 44.7 Å². The fourth-order valence-electron chi connectivity index (χ4n) is 3.23. The molecule has 2 N–H and O–H groups in total. The highest BCUT2D eigenvalue weighted by Crippen LogP contribution is 2.34. The van der Waals surface area contributed by atoms with Crippen LogP contribution in [-0.4, -0.2) is 31.3 Å². The first-order valence-corrected chi connectivity index (χ1v) is 8.14.